The van der Waals surface area contributed by atoms with E-state index in [4.69, 9.17) is 4.74 Å². The molecule has 1 aliphatic rings. The molecule has 1 fully saturated rings. The fraction of sp³-hybridized carbons (Fsp3) is 1.00. The molecule has 0 aromatic carbocycles. The molecule has 0 saturated carbocycles. The van der Waals surface area contributed by atoms with Gasteiger partial charge in [0, 0.05) is 12.6 Å². The van der Waals surface area contributed by atoms with Gasteiger partial charge in [-0.2, -0.15) is 0 Å². The van der Waals surface area contributed by atoms with Crippen molar-refractivity contribution in [2.45, 2.75) is 70.9 Å². The highest BCUT2D eigenvalue weighted by molar-refractivity contribution is 4.68. The van der Waals surface area contributed by atoms with Gasteiger partial charge in [0.2, 0.25) is 0 Å². The summed E-state index contributed by atoms with van der Waals surface area (Å²) in [5.41, 5.74) is 0. The summed E-state index contributed by atoms with van der Waals surface area (Å²) < 4.78 is 5.71. The average molecular weight is 213 g/mol. The van der Waals surface area contributed by atoms with Crippen LogP contribution in [0.1, 0.15) is 58.8 Å². The van der Waals surface area contributed by atoms with E-state index in [1.54, 1.807) is 0 Å². The van der Waals surface area contributed by atoms with Gasteiger partial charge < -0.3 is 10.1 Å². The van der Waals surface area contributed by atoms with E-state index in [0.29, 0.717) is 6.10 Å². The van der Waals surface area contributed by atoms with Gasteiger partial charge >= 0.3 is 0 Å². The maximum absolute atomic E-state index is 5.71. The van der Waals surface area contributed by atoms with Gasteiger partial charge in [0.05, 0.1) is 6.10 Å². The van der Waals surface area contributed by atoms with E-state index >= 15 is 0 Å². The standard InChI is InChI=1S/C13H27NO/c1-3-7-12(4-2)14-10-9-13-8-5-6-11-15-13/h12-14H,3-11H2,1-2H3. The molecule has 2 atom stereocenters. The highest BCUT2D eigenvalue weighted by Gasteiger charge is 2.13. The zero-order valence-electron chi connectivity index (χ0n) is 10.4. The topological polar surface area (TPSA) is 21.3 Å². The molecule has 0 aromatic heterocycles. The first-order valence-corrected chi connectivity index (χ1v) is 6.71. The van der Waals surface area contributed by atoms with Crippen molar-refractivity contribution in [2.75, 3.05) is 13.2 Å². The molecular weight excluding hydrogens is 186 g/mol. The van der Waals surface area contributed by atoms with Gasteiger partial charge in [-0.15, -0.1) is 0 Å². The monoisotopic (exact) mass is 213 g/mol. The molecule has 0 amide bonds. The Bertz CT molecular complexity index is 139. The molecular formula is C13H27NO. The molecule has 2 nitrogen and oxygen atoms in total. The van der Waals surface area contributed by atoms with E-state index in [-0.39, 0.29) is 0 Å². The van der Waals surface area contributed by atoms with Crippen LogP contribution < -0.4 is 5.32 Å². The minimum atomic E-state index is 0.533. The second kappa shape index (κ2) is 8.12. The van der Waals surface area contributed by atoms with Crippen molar-refractivity contribution in [2.24, 2.45) is 0 Å². The molecule has 1 saturated heterocycles. The highest BCUT2D eigenvalue weighted by atomic mass is 16.5. The van der Waals surface area contributed by atoms with E-state index in [1.807, 2.05) is 0 Å². The molecule has 0 spiro atoms. The summed E-state index contributed by atoms with van der Waals surface area (Å²) in [5.74, 6) is 0. The van der Waals surface area contributed by atoms with Crippen LogP contribution >= 0.6 is 0 Å². The van der Waals surface area contributed by atoms with Crippen molar-refractivity contribution < 1.29 is 4.74 Å². The number of ether oxygens (including phenoxy) is 1. The molecule has 0 aromatic rings. The maximum atomic E-state index is 5.71. The number of hydrogen-bond donors (Lipinski definition) is 1. The van der Waals surface area contributed by atoms with Crippen molar-refractivity contribution in [1.82, 2.24) is 5.32 Å². The summed E-state index contributed by atoms with van der Waals surface area (Å²) in [4.78, 5) is 0. The molecule has 0 aliphatic carbocycles. The van der Waals surface area contributed by atoms with Crippen LogP contribution in [0.5, 0.6) is 0 Å². The Kier molecular flexibility index (Phi) is 7.03. The minimum Gasteiger partial charge on any atom is -0.378 e. The van der Waals surface area contributed by atoms with Crippen molar-refractivity contribution in [3.05, 3.63) is 0 Å². The first kappa shape index (κ1) is 13.0. The molecule has 1 N–H and O–H groups in total. The zero-order chi connectivity index (χ0) is 10.9. The summed E-state index contributed by atoms with van der Waals surface area (Å²) in [6.45, 7) is 6.64. The van der Waals surface area contributed by atoms with Crippen LogP contribution in [0.4, 0.5) is 0 Å². The van der Waals surface area contributed by atoms with Gasteiger partial charge in [0.15, 0.2) is 0 Å². The van der Waals surface area contributed by atoms with E-state index in [0.717, 1.165) is 19.2 Å². The van der Waals surface area contributed by atoms with Crippen molar-refractivity contribution in [3.8, 4) is 0 Å². The fourth-order valence-electron chi connectivity index (χ4n) is 2.28. The smallest absolute Gasteiger partial charge is 0.0587 e. The number of hydrogen-bond acceptors (Lipinski definition) is 2. The lowest BCUT2D eigenvalue weighted by atomic mass is 10.1. The van der Waals surface area contributed by atoms with Gasteiger partial charge in [-0.1, -0.05) is 20.3 Å². The Balaban J connectivity index is 2.03. The Hall–Kier alpha value is -0.0800. The summed E-state index contributed by atoms with van der Waals surface area (Å²) in [6, 6.07) is 0.721. The second-order valence-electron chi connectivity index (χ2n) is 4.63. The molecule has 2 heteroatoms. The van der Waals surface area contributed by atoms with E-state index in [9.17, 15) is 0 Å². The Labute approximate surface area is 94.8 Å². The third-order valence-corrected chi connectivity index (χ3v) is 3.30. The van der Waals surface area contributed by atoms with Crippen LogP contribution in [-0.2, 0) is 4.74 Å². The van der Waals surface area contributed by atoms with Crippen molar-refractivity contribution >= 4 is 0 Å². The molecule has 1 rings (SSSR count). The van der Waals surface area contributed by atoms with E-state index in [1.165, 1.54) is 44.9 Å². The zero-order valence-corrected chi connectivity index (χ0v) is 10.4. The first-order chi connectivity index (χ1) is 7.36. The lowest BCUT2D eigenvalue weighted by Gasteiger charge is -2.24. The van der Waals surface area contributed by atoms with Crippen LogP contribution in [0.15, 0.2) is 0 Å². The lowest BCUT2D eigenvalue weighted by Crippen LogP contribution is -2.32. The minimum absolute atomic E-state index is 0.533. The predicted octanol–water partition coefficient (Wildman–Crippen LogP) is 3.11. The highest BCUT2D eigenvalue weighted by Crippen LogP contribution is 2.15. The largest absolute Gasteiger partial charge is 0.378 e. The number of nitrogens with one attached hydrogen (secondary N) is 1. The number of rotatable bonds is 7. The third kappa shape index (κ3) is 5.53. The average Bonchev–Trinajstić information content (AvgIpc) is 2.29. The van der Waals surface area contributed by atoms with Crippen molar-refractivity contribution in [1.29, 1.82) is 0 Å². The van der Waals surface area contributed by atoms with Crippen LogP contribution in [0.25, 0.3) is 0 Å². The molecule has 0 bridgehead atoms. The summed E-state index contributed by atoms with van der Waals surface area (Å²) in [6.07, 6.45) is 9.46. The SMILES string of the molecule is CCCC(CC)NCCC1CCCCO1. The van der Waals surface area contributed by atoms with E-state index in [2.05, 4.69) is 19.2 Å². The quantitative estimate of drug-likeness (QED) is 0.701. The van der Waals surface area contributed by atoms with Crippen molar-refractivity contribution in [3.63, 3.8) is 0 Å². The van der Waals surface area contributed by atoms with Gasteiger partial charge in [-0.05, 0) is 45.1 Å². The van der Waals surface area contributed by atoms with Crippen LogP contribution in [0, 0.1) is 0 Å². The Morgan fingerprint density at radius 2 is 2.20 bits per heavy atom. The van der Waals surface area contributed by atoms with Gasteiger partial charge in [-0.25, -0.2) is 0 Å². The van der Waals surface area contributed by atoms with Gasteiger partial charge in [-0.3, -0.25) is 0 Å². The predicted molar refractivity (Wildman–Crippen MR) is 65.2 cm³/mol. The molecule has 2 unspecified atom stereocenters. The Morgan fingerprint density at radius 3 is 2.80 bits per heavy atom. The normalized spacial score (nSPS) is 24.0. The first-order valence-electron chi connectivity index (χ1n) is 6.71. The van der Waals surface area contributed by atoms with Crippen LogP contribution in [-0.4, -0.2) is 25.3 Å². The summed E-state index contributed by atoms with van der Waals surface area (Å²) >= 11 is 0. The molecule has 15 heavy (non-hydrogen) atoms. The molecule has 90 valence electrons. The lowest BCUT2D eigenvalue weighted by molar-refractivity contribution is 0.0111. The molecule has 0 radical (unpaired) electrons. The third-order valence-electron chi connectivity index (χ3n) is 3.30. The maximum Gasteiger partial charge on any atom is 0.0587 e. The fourth-order valence-corrected chi connectivity index (χ4v) is 2.28. The summed E-state index contributed by atoms with van der Waals surface area (Å²) in [5, 5.41) is 3.64. The summed E-state index contributed by atoms with van der Waals surface area (Å²) in [7, 11) is 0. The Morgan fingerprint density at radius 1 is 1.33 bits per heavy atom. The van der Waals surface area contributed by atoms with Crippen LogP contribution in [0.3, 0.4) is 0 Å². The second-order valence-corrected chi connectivity index (χ2v) is 4.63. The van der Waals surface area contributed by atoms with Crippen LogP contribution in [0.2, 0.25) is 0 Å². The molecule has 1 heterocycles. The molecule has 1 aliphatic heterocycles. The van der Waals surface area contributed by atoms with Gasteiger partial charge in [0.25, 0.3) is 0 Å². The van der Waals surface area contributed by atoms with Gasteiger partial charge in [0.1, 0.15) is 0 Å². The van der Waals surface area contributed by atoms with E-state index < -0.39 is 0 Å².